The van der Waals surface area contributed by atoms with Crippen LogP contribution in [0.15, 0.2) is 34.9 Å². The number of nitrogens with zero attached hydrogens (tertiary/aromatic N) is 2. The third-order valence-electron chi connectivity index (χ3n) is 5.26. The maximum Gasteiger partial charge on any atom is 0.573 e. The van der Waals surface area contributed by atoms with E-state index in [9.17, 15) is 13.2 Å². The van der Waals surface area contributed by atoms with Crippen LogP contribution in [-0.4, -0.2) is 21.6 Å². The van der Waals surface area contributed by atoms with E-state index in [0.717, 1.165) is 48.9 Å². The summed E-state index contributed by atoms with van der Waals surface area (Å²) < 4.78 is 53.3. The summed E-state index contributed by atoms with van der Waals surface area (Å²) in [5.41, 5.74) is 8.03. The molecule has 2 saturated carbocycles. The summed E-state index contributed by atoms with van der Waals surface area (Å²) in [6.45, 7) is 2.19. The zero-order valence-electron chi connectivity index (χ0n) is 17.2. The van der Waals surface area contributed by atoms with Gasteiger partial charge in [0.25, 0.3) is 0 Å². The van der Waals surface area contributed by atoms with Gasteiger partial charge in [-0.3, -0.25) is 9.98 Å². The molecule has 1 heterocycles. The maximum absolute atomic E-state index is 12.5. The van der Waals surface area contributed by atoms with Gasteiger partial charge in [0.1, 0.15) is 23.6 Å². The fourth-order valence-electron chi connectivity index (χ4n) is 3.13. The first-order valence-corrected chi connectivity index (χ1v) is 11.2. The molecule has 3 N–H and O–H groups in total. The number of hydrogen-bond donors (Lipinski definition) is 2. The normalized spacial score (nSPS) is 17.8. The lowest BCUT2D eigenvalue weighted by Gasteiger charge is -2.16. The largest absolute Gasteiger partial charge is 0.573 e. The van der Waals surface area contributed by atoms with Gasteiger partial charge < -0.3 is 15.2 Å². The predicted molar refractivity (Wildman–Crippen MR) is 117 cm³/mol. The molecule has 0 radical (unpaired) electrons. The molecule has 2 aromatic rings. The summed E-state index contributed by atoms with van der Waals surface area (Å²) in [5.74, 6) is 0.244. The highest BCUT2D eigenvalue weighted by Gasteiger charge is 2.38. The molecule has 1 aromatic heterocycles. The van der Waals surface area contributed by atoms with Crippen LogP contribution in [0.1, 0.15) is 49.7 Å². The summed E-state index contributed by atoms with van der Waals surface area (Å²) in [4.78, 5) is 0. The summed E-state index contributed by atoms with van der Waals surface area (Å²) in [7, 11) is 0. The molecule has 0 atom stereocenters. The average molecular weight is 487 g/mol. The van der Waals surface area contributed by atoms with Crippen molar-refractivity contribution in [3.8, 4) is 11.5 Å². The molecule has 0 aliphatic heterocycles. The van der Waals surface area contributed by atoms with Gasteiger partial charge in [0.2, 0.25) is 5.96 Å². The smallest absolute Gasteiger partial charge is 0.489 e. The first-order chi connectivity index (χ1) is 15.0. The van der Waals surface area contributed by atoms with E-state index in [1.54, 1.807) is 10.6 Å². The van der Waals surface area contributed by atoms with E-state index >= 15 is 0 Å². The molecule has 2 aliphatic rings. The van der Waals surface area contributed by atoms with Crippen molar-refractivity contribution in [1.82, 2.24) is 4.57 Å². The van der Waals surface area contributed by atoms with Crippen molar-refractivity contribution in [1.29, 1.82) is 5.41 Å². The molecule has 0 amide bonds. The second-order valence-corrected chi connectivity index (χ2v) is 10.0. The van der Waals surface area contributed by atoms with E-state index in [4.69, 9.17) is 27.5 Å². The van der Waals surface area contributed by atoms with Gasteiger partial charge >= 0.3 is 6.36 Å². The Balaban J connectivity index is 1.54. The fourth-order valence-corrected chi connectivity index (χ4v) is 4.03. The minimum atomic E-state index is -4.83. The molecule has 11 heteroatoms. The third-order valence-corrected chi connectivity index (χ3v) is 6.61. The molecule has 1 aromatic carbocycles. The van der Waals surface area contributed by atoms with E-state index in [1.807, 2.05) is 6.20 Å². The number of nitrogens with two attached hydrogens (primary N) is 1. The highest BCUT2D eigenvalue weighted by atomic mass is 35.5. The summed E-state index contributed by atoms with van der Waals surface area (Å²) in [6, 6.07) is 5.25. The molecule has 6 nitrogen and oxygen atoms in total. The summed E-state index contributed by atoms with van der Waals surface area (Å²) >= 11 is 7.34. The van der Waals surface area contributed by atoms with Crippen LogP contribution in [-0.2, 0) is 6.61 Å². The van der Waals surface area contributed by atoms with Crippen molar-refractivity contribution in [3.05, 3.63) is 52.1 Å². The number of nitrogens with one attached hydrogen (secondary N) is 1. The number of halogens is 4. The highest BCUT2D eigenvalue weighted by Crippen LogP contribution is 2.48. The Morgan fingerprint density at radius 1 is 1.28 bits per heavy atom. The number of aromatic nitrogens is 1. The quantitative estimate of drug-likeness (QED) is 0.314. The van der Waals surface area contributed by atoms with Crippen LogP contribution in [0, 0.1) is 5.41 Å². The number of benzene rings is 1. The zero-order chi connectivity index (χ0) is 23.1. The van der Waals surface area contributed by atoms with Crippen LogP contribution >= 0.6 is 23.5 Å². The average Bonchev–Trinajstić information content (AvgIpc) is 3.60. The lowest BCUT2D eigenvalue weighted by molar-refractivity contribution is -0.274. The lowest BCUT2D eigenvalue weighted by atomic mass is 10.1. The monoisotopic (exact) mass is 486 g/mol. The van der Waals surface area contributed by atoms with Gasteiger partial charge in [-0.15, -0.1) is 13.2 Å². The van der Waals surface area contributed by atoms with Crippen molar-refractivity contribution < 1.29 is 22.6 Å². The van der Waals surface area contributed by atoms with Crippen LogP contribution in [0.5, 0.6) is 11.5 Å². The minimum absolute atomic E-state index is 0.0575. The molecular weight excluding hydrogens is 465 g/mol. The highest BCUT2D eigenvalue weighted by molar-refractivity contribution is 7.99. The van der Waals surface area contributed by atoms with E-state index in [2.05, 4.69) is 16.1 Å². The molecule has 0 bridgehead atoms. The lowest BCUT2D eigenvalue weighted by Crippen LogP contribution is -2.33. The zero-order valence-corrected chi connectivity index (χ0v) is 18.8. The first kappa shape index (κ1) is 22.8. The Morgan fingerprint density at radius 3 is 2.59 bits per heavy atom. The Morgan fingerprint density at radius 2 is 1.97 bits per heavy atom. The summed E-state index contributed by atoms with van der Waals surface area (Å²) in [6.07, 6.45) is 1.18. The number of pyridine rings is 1. The molecule has 0 saturated heterocycles. The van der Waals surface area contributed by atoms with E-state index < -0.39 is 12.1 Å². The van der Waals surface area contributed by atoms with Crippen molar-refractivity contribution in [3.63, 3.8) is 0 Å². The van der Waals surface area contributed by atoms with Gasteiger partial charge in [-0.05, 0) is 79.8 Å². The minimum Gasteiger partial charge on any atom is -0.489 e. The molecule has 32 heavy (non-hydrogen) atoms. The number of ether oxygens (including phenoxy) is 2. The molecule has 172 valence electrons. The number of alkyl halides is 3. The van der Waals surface area contributed by atoms with Crippen molar-refractivity contribution >= 4 is 29.5 Å². The van der Waals surface area contributed by atoms with Crippen LogP contribution in [0.3, 0.4) is 0 Å². The molecule has 0 unspecified atom stereocenters. The van der Waals surface area contributed by atoms with Crippen LogP contribution in [0.4, 0.5) is 13.2 Å². The second-order valence-electron chi connectivity index (χ2n) is 8.23. The number of hydrogen-bond acceptors (Lipinski definition) is 5. The van der Waals surface area contributed by atoms with Crippen LogP contribution in [0.2, 0.25) is 5.02 Å². The van der Waals surface area contributed by atoms with E-state index in [0.29, 0.717) is 5.92 Å². The number of rotatable bonds is 7. The van der Waals surface area contributed by atoms with Crippen LogP contribution < -0.4 is 20.7 Å². The molecule has 2 fully saturated rings. The molecule has 0 spiro atoms. The van der Waals surface area contributed by atoms with Gasteiger partial charge in [-0.25, -0.2) is 0 Å². The Bertz CT molecular complexity index is 1110. The summed E-state index contributed by atoms with van der Waals surface area (Å²) in [5, 5.41) is 8.43. The molecule has 4 rings (SSSR count). The third kappa shape index (κ3) is 5.92. The second kappa shape index (κ2) is 8.55. The van der Waals surface area contributed by atoms with Gasteiger partial charge in [-0.2, -0.15) is 4.40 Å². The van der Waals surface area contributed by atoms with Gasteiger partial charge in [0.15, 0.2) is 0 Å². The Kier molecular flexibility index (Phi) is 6.10. The topological polar surface area (TPSA) is 85.6 Å². The first-order valence-electron chi connectivity index (χ1n) is 10.0. The van der Waals surface area contributed by atoms with Gasteiger partial charge in [-0.1, -0.05) is 11.6 Å². The maximum atomic E-state index is 12.5. The van der Waals surface area contributed by atoms with Gasteiger partial charge in [0.05, 0.1) is 0 Å². The van der Waals surface area contributed by atoms with Crippen molar-refractivity contribution in [2.45, 2.75) is 56.2 Å². The SMILES string of the molecule is CC1(S/N=C(\N)n2cc(C3CC3)c(COc3cc(Cl)cc(OC(F)(F)F)c3)cc2=N)CC1. The van der Waals surface area contributed by atoms with E-state index in [1.165, 1.54) is 18.0 Å². The van der Waals surface area contributed by atoms with Crippen molar-refractivity contribution in [2.75, 3.05) is 0 Å². The predicted octanol–water partition coefficient (Wildman–Crippen LogP) is 5.34. The van der Waals surface area contributed by atoms with Gasteiger partial charge in [0, 0.05) is 22.0 Å². The molecule has 2 aliphatic carbocycles. The Hall–Kier alpha value is -2.33. The molecular formula is C21H22ClF3N4O2S. The van der Waals surface area contributed by atoms with Crippen molar-refractivity contribution in [2.24, 2.45) is 10.1 Å². The fraction of sp³-hybridized carbons (Fsp3) is 0.429. The standard InChI is InChI=1S/C21H22ClF3N4O2S/c1-20(4-5-20)32-28-19(27)29-10-17(12-2-3-12)13(6-18(29)26)11-30-15-7-14(22)8-16(9-15)31-21(23,24)25/h6-10,12,26H,2-5,11H2,1H3,(H2,27,28). The van der Waals surface area contributed by atoms with Crippen LogP contribution in [0.25, 0.3) is 0 Å². The van der Waals surface area contributed by atoms with E-state index in [-0.39, 0.29) is 33.6 Å². The Labute approximate surface area is 192 Å².